The molecule has 1 fully saturated rings. The summed E-state index contributed by atoms with van der Waals surface area (Å²) in [7, 11) is 1.82. The van der Waals surface area contributed by atoms with Gasteiger partial charge in [0, 0.05) is 48.8 Å². The molecule has 2 N–H and O–H groups in total. The Morgan fingerprint density at radius 3 is 2.61 bits per heavy atom. The molecule has 33 heavy (non-hydrogen) atoms. The Morgan fingerprint density at radius 1 is 1.15 bits per heavy atom. The maximum Gasteiger partial charge on any atom is 0.254 e. The number of pyridine rings is 2. The van der Waals surface area contributed by atoms with Gasteiger partial charge in [-0.15, -0.1) is 0 Å². The fourth-order valence-electron chi connectivity index (χ4n) is 4.35. The number of rotatable bonds is 7. The summed E-state index contributed by atoms with van der Waals surface area (Å²) in [6, 6.07) is 15.4. The van der Waals surface area contributed by atoms with Crippen molar-refractivity contribution in [3.8, 4) is 0 Å². The fourth-order valence-corrected chi connectivity index (χ4v) is 4.46. The monoisotopic (exact) mass is 464 g/mol. The number of aromatic nitrogens is 2. The minimum atomic E-state index is -0.614. The molecular weight excluding hydrogens is 436 g/mol. The Morgan fingerprint density at radius 2 is 1.94 bits per heavy atom. The number of aliphatic hydroxyl groups is 1. The van der Waals surface area contributed by atoms with Crippen LogP contribution in [0, 0.1) is 0 Å². The third kappa shape index (κ3) is 5.58. The largest absolute Gasteiger partial charge is 0.387 e. The van der Waals surface area contributed by atoms with E-state index in [0.717, 1.165) is 36.0 Å². The third-order valence-corrected chi connectivity index (χ3v) is 6.72. The van der Waals surface area contributed by atoms with Crippen LogP contribution in [-0.2, 0) is 6.42 Å². The lowest BCUT2D eigenvalue weighted by atomic mass is 10.0. The van der Waals surface area contributed by atoms with Crippen molar-refractivity contribution in [2.75, 3.05) is 7.05 Å². The maximum absolute atomic E-state index is 12.9. The highest BCUT2D eigenvalue weighted by Crippen LogP contribution is 2.27. The van der Waals surface area contributed by atoms with E-state index < -0.39 is 6.10 Å². The molecule has 172 valence electrons. The average molecular weight is 465 g/mol. The van der Waals surface area contributed by atoms with E-state index in [0.29, 0.717) is 10.7 Å². The third-order valence-electron chi connectivity index (χ3n) is 6.50. The molecule has 1 aliphatic rings. The normalized spacial score (nSPS) is 19.8. The molecule has 1 saturated heterocycles. The van der Waals surface area contributed by atoms with Crippen LogP contribution in [0.5, 0.6) is 0 Å². The summed E-state index contributed by atoms with van der Waals surface area (Å²) in [5, 5.41) is 14.6. The van der Waals surface area contributed by atoms with Crippen molar-refractivity contribution in [3.63, 3.8) is 0 Å². The number of carbonyl (C=O) groups is 1. The first-order valence-electron chi connectivity index (χ1n) is 11.2. The Kier molecular flexibility index (Phi) is 7.38. The summed E-state index contributed by atoms with van der Waals surface area (Å²) in [5.74, 6) is -0.0170. The van der Waals surface area contributed by atoms with Gasteiger partial charge in [-0.2, -0.15) is 0 Å². The van der Waals surface area contributed by atoms with Gasteiger partial charge in [-0.25, -0.2) is 4.98 Å². The number of hydrogen-bond donors (Lipinski definition) is 2. The number of benzene rings is 1. The standard InChI is InChI=1S/C26H29ClN4O2/c1-17(20-4-3-13-28-15-20)31(2)26(33)19-7-5-18(6-8-19)14-22-10-11-23(30-22)25(32)21-9-12-24(27)29-16-21/h3-9,12-13,15-17,22-23,25,30,32H,10-11,14H2,1-2H3/t17?,22-,23+,25+/m0/s1. The van der Waals surface area contributed by atoms with Crippen molar-refractivity contribution >= 4 is 17.5 Å². The number of hydrogen-bond acceptors (Lipinski definition) is 5. The number of carbonyl (C=O) groups excluding carboxylic acids is 1. The molecule has 3 heterocycles. The molecule has 7 heteroatoms. The lowest BCUT2D eigenvalue weighted by molar-refractivity contribution is 0.0742. The van der Waals surface area contributed by atoms with E-state index in [1.165, 1.54) is 0 Å². The minimum absolute atomic E-state index is 0.0126. The molecule has 1 unspecified atom stereocenters. The van der Waals surface area contributed by atoms with E-state index in [4.69, 9.17) is 11.6 Å². The predicted octanol–water partition coefficient (Wildman–Crippen LogP) is 4.36. The van der Waals surface area contributed by atoms with Gasteiger partial charge in [-0.3, -0.25) is 9.78 Å². The zero-order valence-corrected chi connectivity index (χ0v) is 19.6. The number of amides is 1. The van der Waals surface area contributed by atoms with Crippen molar-refractivity contribution < 1.29 is 9.90 Å². The zero-order valence-electron chi connectivity index (χ0n) is 18.9. The topological polar surface area (TPSA) is 78.4 Å². The van der Waals surface area contributed by atoms with Gasteiger partial charge in [0.05, 0.1) is 12.1 Å². The van der Waals surface area contributed by atoms with Crippen LogP contribution < -0.4 is 5.32 Å². The first-order chi connectivity index (χ1) is 15.9. The molecule has 3 aromatic rings. The molecule has 4 atom stereocenters. The Balaban J connectivity index is 1.33. The Labute approximate surface area is 199 Å². The van der Waals surface area contributed by atoms with E-state index in [1.807, 2.05) is 56.4 Å². The highest BCUT2D eigenvalue weighted by Gasteiger charge is 2.30. The summed E-state index contributed by atoms with van der Waals surface area (Å²) in [6.45, 7) is 2.00. The minimum Gasteiger partial charge on any atom is -0.387 e. The first kappa shape index (κ1) is 23.4. The van der Waals surface area contributed by atoms with Gasteiger partial charge in [-0.05, 0) is 61.6 Å². The van der Waals surface area contributed by atoms with Crippen LogP contribution in [0.3, 0.4) is 0 Å². The van der Waals surface area contributed by atoms with Crippen LogP contribution >= 0.6 is 11.6 Å². The summed E-state index contributed by atoms with van der Waals surface area (Å²) >= 11 is 5.85. The average Bonchev–Trinajstić information content (AvgIpc) is 3.32. The number of nitrogens with zero attached hydrogens (tertiary/aromatic N) is 3. The molecule has 1 aliphatic heterocycles. The molecule has 1 aromatic carbocycles. The van der Waals surface area contributed by atoms with Crippen molar-refractivity contribution in [1.82, 2.24) is 20.2 Å². The summed E-state index contributed by atoms with van der Waals surface area (Å²) in [5.41, 5.74) is 3.60. The molecule has 4 rings (SSSR count). The van der Waals surface area contributed by atoms with Crippen LogP contribution in [0.4, 0.5) is 0 Å². The highest BCUT2D eigenvalue weighted by atomic mass is 35.5. The van der Waals surface area contributed by atoms with Crippen molar-refractivity contribution in [2.24, 2.45) is 0 Å². The molecule has 0 bridgehead atoms. The second-order valence-corrected chi connectivity index (χ2v) is 9.07. The number of halogens is 1. The van der Waals surface area contributed by atoms with Gasteiger partial charge in [0.2, 0.25) is 0 Å². The lowest BCUT2D eigenvalue weighted by Crippen LogP contribution is -2.35. The van der Waals surface area contributed by atoms with Gasteiger partial charge in [-0.1, -0.05) is 35.9 Å². The lowest BCUT2D eigenvalue weighted by Gasteiger charge is -2.25. The Bertz CT molecular complexity index is 1060. The molecule has 0 radical (unpaired) electrons. The summed E-state index contributed by atoms with van der Waals surface area (Å²) in [4.78, 5) is 22.9. The predicted molar refractivity (Wildman–Crippen MR) is 129 cm³/mol. The fraction of sp³-hybridized carbons (Fsp3) is 0.346. The quantitative estimate of drug-likeness (QED) is 0.508. The van der Waals surface area contributed by atoms with E-state index in [2.05, 4.69) is 15.3 Å². The van der Waals surface area contributed by atoms with E-state index in [9.17, 15) is 9.90 Å². The van der Waals surface area contributed by atoms with Gasteiger partial charge in [0.1, 0.15) is 5.15 Å². The molecule has 0 spiro atoms. The molecule has 6 nitrogen and oxygen atoms in total. The van der Waals surface area contributed by atoms with Crippen LogP contribution in [0.15, 0.2) is 67.1 Å². The summed E-state index contributed by atoms with van der Waals surface area (Å²) < 4.78 is 0. The molecule has 1 amide bonds. The number of nitrogens with one attached hydrogen (secondary N) is 1. The molecule has 0 saturated carbocycles. The maximum atomic E-state index is 12.9. The number of aliphatic hydroxyl groups excluding tert-OH is 1. The summed E-state index contributed by atoms with van der Waals surface area (Å²) in [6.07, 6.45) is 7.25. The van der Waals surface area contributed by atoms with Crippen molar-refractivity contribution in [2.45, 2.75) is 50.4 Å². The van der Waals surface area contributed by atoms with Gasteiger partial charge in [0.25, 0.3) is 5.91 Å². The molecule has 2 aromatic heterocycles. The van der Waals surface area contributed by atoms with Crippen molar-refractivity contribution in [1.29, 1.82) is 0 Å². The zero-order chi connectivity index (χ0) is 23.4. The molecular formula is C26H29ClN4O2. The van der Waals surface area contributed by atoms with E-state index in [-0.39, 0.29) is 24.0 Å². The first-order valence-corrected chi connectivity index (χ1v) is 11.6. The van der Waals surface area contributed by atoms with Gasteiger partial charge < -0.3 is 15.3 Å². The smallest absolute Gasteiger partial charge is 0.254 e. The van der Waals surface area contributed by atoms with Crippen LogP contribution in [-0.4, -0.2) is 45.0 Å². The van der Waals surface area contributed by atoms with Crippen LogP contribution in [0.2, 0.25) is 5.15 Å². The van der Waals surface area contributed by atoms with E-state index in [1.54, 1.807) is 29.6 Å². The SMILES string of the molecule is CC(c1cccnc1)N(C)C(=O)c1ccc(C[C@@H]2CC[C@H]([C@H](O)c3ccc(Cl)nc3)N2)cc1. The Hall–Kier alpha value is -2.80. The van der Waals surface area contributed by atoms with Crippen LogP contribution in [0.1, 0.15) is 59.0 Å². The van der Waals surface area contributed by atoms with Crippen molar-refractivity contribution in [3.05, 3.63) is 94.5 Å². The van der Waals surface area contributed by atoms with E-state index >= 15 is 0 Å². The molecule has 0 aliphatic carbocycles. The van der Waals surface area contributed by atoms with Gasteiger partial charge >= 0.3 is 0 Å². The second kappa shape index (κ2) is 10.4. The van der Waals surface area contributed by atoms with Crippen LogP contribution in [0.25, 0.3) is 0 Å². The van der Waals surface area contributed by atoms with Gasteiger partial charge in [0.15, 0.2) is 0 Å². The highest BCUT2D eigenvalue weighted by molar-refractivity contribution is 6.29. The second-order valence-electron chi connectivity index (χ2n) is 8.69.